The van der Waals surface area contributed by atoms with Crippen LogP contribution < -0.4 is 14.4 Å². The summed E-state index contributed by atoms with van der Waals surface area (Å²) in [7, 11) is -2.24. The molecule has 1 N–H and O–H groups in total. The Balaban J connectivity index is 1.66. The third-order valence-electron chi connectivity index (χ3n) is 5.67. The Bertz CT molecular complexity index is 1250. The van der Waals surface area contributed by atoms with Crippen LogP contribution >= 0.6 is 0 Å². The number of nitrogens with one attached hydrogen (secondary N) is 1. The van der Waals surface area contributed by atoms with Gasteiger partial charge in [0.05, 0.1) is 17.7 Å². The van der Waals surface area contributed by atoms with Gasteiger partial charge in [-0.2, -0.15) is 0 Å². The van der Waals surface area contributed by atoms with Crippen LogP contribution in [0.15, 0.2) is 65.6 Å². The molecule has 0 bridgehead atoms. The number of nitrogens with zero attached hydrogens (tertiary/aromatic N) is 1. The van der Waals surface area contributed by atoms with E-state index in [1.807, 2.05) is 38.1 Å². The number of methoxy groups -OCH3 is 1. The molecule has 0 saturated heterocycles. The number of hydrogen-bond acceptors (Lipinski definition) is 4. The molecule has 3 aromatic carbocycles. The van der Waals surface area contributed by atoms with E-state index in [4.69, 9.17) is 4.74 Å². The van der Waals surface area contributed by atoms with Gasteiger partial charge in [-0.25, -0.2) is 8.42 Å². The van der Waals surface area contributed by atoms with Gasteiger partial charge in [0.25, 0.3) is 15.9 Å². The topological polar surface area (TPSA) is 75.7 Å². The number of fused-ring (bicyclic) bond motifs is 1. The van der Waals surface area contributed by atoms with Crippen molar-refractivity contribution in [3.63, 3.8) is 0 Å². The molecule has 0 aromatic heterocycles. The van der Waals surface area contributed by atoms with Gasteiger partial charge >= 0.3 is 0 Å². The van der Waals surface area contributed by atoms with Crippen molar-refractivity contribution in [3.8, 4) is 5.75 Å². The number of carbonyl (C=O) groups is 1. The fraction of sp³-hybridized carbons (Fsp3) is 0.240. The van der Waals surface area contributed by atoms with Gasteiger partial charge in [0.1, 0.15) is 5.75 Å². The fourth-order valence-electron chi connectivity index (χ4n) is 4.19. The first kappa shape index (κ1) is 21.9. The summed E-state index contributed by atoms with van der Waals surface area (Å²) in [6.45, 7) is 4.22. The number of rotatable bonds is 5. The highest BCUT2D eigenvalue weighted by Crippen LogP contribution is 2.33. The van der Waals surface area contributed by atoms with Gasteiger partial charge in [0.15, 0.2) is 0 Å². The van der Waals surface area contributed by atoms with Crippen molar-refractivity contribution in [2.45, 2.75) is 31.6 Å². The first-order chi connectivity index (χ1) is 15.3. The van der Waals surface area contributed by atoms with E-state index in [0.29, 0.717) is 23.5 Å². The predicted octanol–water partition coefficient (Wildman–Crippen LogP) is 4.71. The lowest BCUT2D eigenvalue weighted by Crippen LogP contribution is -2.35. The van der Waals surface area contributed by atoms with Crippen LogP contribution in [0.3, 0.4) is 0 Å². The SMILES string of the molecule is COc1c(C)cc(S(=O)(=O)Nc2ccc3c(c2)N(C(=O)c2ccccc2)CCC3)cc1C. The van der Waals surface area contributed by atoms with Crippen molar-refractivity contribution < 1.29 is 17.9 Å². The second-order valence-corrected chi connectivity index (χ2v) is 9.65. The van der Waals surface area contributed by atoms with Crippen LogP contribution in [0.25, 0.3) is 0 Å². The molecule has 0 saturated carbocycles. The van der Waals surface area contributed by atoms with E-state index < -0.39 is 10.0 Å². The molecule has 3 aromatic rings. The quantitative estimate of drug-likeness (QED) is 0.611. The third kappa shape index (κ3) is 4.21. The van der Waals surface area contributed by atoms with Crippen molar-refractivity contribution in [2.24, 2.45) is 0 Å². The Morgan fingerprint density at radius 2 is 1.69 bits per heavy atom. The summed E-state index contributed by atoms with van der Waals surface area (Å²) in [6.07, 6.45) is 1.71. The zero-order valence-electron chi connectivity index (χ0n) is 18.4. The molecule has 0 fully saturated rings. The van der Waals surface area contributed by atoms with Crippen molar-refractivity contribution in [3.05, 3.63) is 82.9 Å². The van der Waals surface area contributed by atoms with E-state index in [2.05, 4.69) is 4.72 Å². The lowest BCUT2D eigenvalue weighted by Gasteiger charge is -2.30. The van der Waals surface area contributed by atoms with E-state index >= 15 is 0 Å². The molecule has 4 rings (SSSR count). The Hall–Kier alpha value is -3.32. The molecule has 0 unspecified atom stereocenters. The monoisotopic (exact) mass is 450 g/mol. The molecule has 0 atom stereocenters. The van der Waals surface area contributed by atoms with E-state index in [1.165, 1.54) is 0 Å². The molecule has 0 aliphatic carbocycles. The number of carbonyl (C=O) groups excluding carboxylic acids is 1. The zero-order chi connectivity index (χ0) is 22.9. The minimum Gasteiger partial charge on any atom is -0.496 e. The van der Waals surface area contributed by atoms with Crippen molar-refractivity contribution >= 4 is 27.3 Å². The molecule has 166 valence electrons. The van der Waals surface area contributed by atoms with Crippen molar-refractivity contribution in [1.82, 2.24) is 0 Å². The van der Waals surface area contributed by atoms with Crippen LogP contribution in [0.4, 0.5) is 11.4 Å². The molecule has 7 heteroatoms. The van der Waals surface area contributed by atoms with Crippen LogP contribution in [-0.4, -0.2) is 28.0 Å². The summed E-state index contributed by atoms with van der Waals surface area (Å²) < 4.78 is 34.2. The lowest BCUT2D eigenvalue weighted by atomic mass is 10.00. The van der Waals surface area contributed by atoms with E-state index in [0.717, 1.165) is 35.2 Å². The van der Waals surface area contributed by atoms with Crippen molar-refractivity contribution in [1.29, 1.82) is 0 Å². The molecule has 1 amide bonds. The van der Waals surface area contributed by atoms with Crippen LogP contribution in [-0.2, 0) is 16.4 Å². The molecular weight excluding hydrogens is 424 g/mol. The van der Waals surface area contributed by atoms with E-state index in [-0.39, 0.29) is 10.8 Å². The van der Waals surface area contributed by atoms with Gasteiger partial charge in [-0.05, 0) is 79.8 Å². The summed E-state index contributed by atoms with van der Waals surface area (Å²) in [5, 5.41) is 0. The number of amides is 1. The highest BCUT2D eigenvalue weighted by atomic mass is 32.2. The summed E-state index contributed by atoms with van der Waals surface area (Å²) in [6, 6.07) is 17.7. The summed E-state index contributed by atoms with van der Waals surface area (Å²) in [4.78, 5) is 15.0. The van der Waals surface area contributed by atoms with Gasteiger partial charge in [-0.15, -0.1) is 0 Å². The molecule has 0 radical (unpaired) electrons. The lowest BCUT2D eigenvalue weighted by molar-refractivity contribution is 0.0985. The van der Waals surface area contributed by atoms with Gasteiger partial charge in [0.2, 0.25) is 0 Å². The minimum absolute atomic E-state index is 0.0899. The maximum absolute atomic E-state index is 13.1. The predicted molar refractivity (Wildman–Crippen MR) is 126 cm³/mol. The molecule has 1 heterocycles. The Kier molecular flexibility index (Phi) is 5.93. The number of ether oxygens (including phenoxy) is 1. The van der Waals surface area contributed by atoms with Gasteiger partial charge in [-0.1, -0.05) is 24.3 Å². The smallest absolute Gasteiger partial charge is 0.261 e. The van der Waals surface area contributed by atoms with Gasteiger partial charge in [-0.3, -0.25) is 9.52 Å². The van der Waals surface area contributed by atoms with Gasteiger partial charge < -0.3 is 9.64 Å². The normalized spacial score (nSPS) is 13.4. The second-order valence-electron chi connectivity index (χ2n) is 7.97. The molecular formula is C25H26N2O4S. The highest BCUT2D eigenvalue weighted by Gasteiger charge is 2.25. The maximum Gasteiger partial charge on any atom is 0.261 e. The standard InChI is InChI=1S/C25H26N2O4S/c1-17-14-22(15-18(2)24(17)31-3)32(29,30)26-21-12-11-19-10-7-13-27(23(19)16-21)25(28)20-8-5-4-6-9-20/h4-6,8-9,11-12,14-16,26H,7,10,13H2,1-3H3. The largest absolute Gasteiger partial charge is 0.496 e. The molecule has 32 heavy (non-hydrogen) atoms. The first-order valence-corrected chi connectivity index (χ1v) is 12.0. The molecule has 6 nitrogen and oxygen atoms in total. The Labute approximate surface area is 188 Å². The number of sulfonamides is 1. The first-order valence-electron chi connectivity index (χ1n) is 10.5. The Morgan fingerprint density at radius 1 is 1.00 bits per heavy atom. The van der Waals surface area contributed by atoms with Crippen LogP contribution in [0.5, 0.6) is 5.75 Å². The average Bonchev–Trinajstić information content (AvgIpc) is 2.78. The minimum atomic E-state index is -3.81. The number of benzene rings is 3. The number of aryl methyl sites for hydroxylation is 3. The number of anilines is 2. The molecule has 1 aliphatic rings. The molecule has 1 aliphatic heterocycles. The van der Waals surface area contributed by atoms with Crippen LogP contribution in [0.2, 0.25) is 0 Å². The van der Waals surface area contributed by atoms with E-state index in [1.54, 1.807) is 48.4 Å². The Morgan fingerprint density at radius 3 is 2.34 bits per heavy atom. The van der Waals surface area contributed by atoms with Crippen molar-refractivity contribution in [2.75, 3.05) is 23.3 Å². The zero-order valence-corrected chi connectivity index (χ0v) is 19.2. The second kappa shape index (κ2) is 8.67. The average molecular weight is 451 g/mol. The van der Waals surface area contributed by atoms with Gasteiger partial charge in [0, 0.05) is 17.8 Å². The van der Waals surface area contributed by atoms with E-state index in [9.17, 15) is 13.2 Å². The number of hydrogen-bond donors (Lipinski definition) is 1. The van der Waals surface area contributed by atoms with Crippen LogP contribution in [0, 0.1) is 13.8 Å². The molecule has 0 spiro atoms. The van der Waals surface area contributed by atoms with Crippen LogP contribution in [0.1, 0.15) is 33.5 Å². The summed E-state index contributed by atoms with van der Waals surface area (Å²) in [5.74, 6) is 0.584. The third-order valence-corrected chi connectivity index (χ3v) is 7.03. The fourth-order valence-corrected chi connectivity index (χ4v) is 5.41. The maximum atomic E-state index is 13.1. The summed E-state index contributed by atoms with van der Waals surface area (Å²) in [5.41, 5.74) is 4.29. The summed E-state index contributed by atoms with van der Waals surface area (Å²) >= 11 is 0. The highest BCUT2D eigenvalue weighted by molar-refractivity contribution is 7.92.